The summed E-state index contributed by atoms with van der Waals surface area (Å²) in [6, 6.07) is 12.6. The number of benzene rings is 4. The molecule has 6 rings (SSSR count). The molecule has 2 saturated heterocycles. The molecule has 5 N–H and O–H groups in total. The van der Waals surface area contributed by atoms with Crippen LogP contribution in [0, 0.1) is 23.3 Å². The molecular weight excluding hydrogens is 862 g/mol. The number of sulfonamides is 1. The first-order chi connectivity index (χ1) is 24.8. The SMILES string of the molecule is C.Cl.O=C(Nc1ccc(F)c(Cl)c1)c1ccc(F)c(S(=O)(=O)Cl)c1.O=C(Nc1ccc(F)c(Cl)c1)c1ccc(F)c(S(=O)(=O)N2CC(O)C2)c1.OC1CNC1. The third kappa shape index (κ3) is 12.7. The minimum Gasteiger partial charge on any atom is -0.390 e. The van der Waals surface area contributed by atoms with Gasteiger partial charge in [0.25, 0.3) is 20.9 Å². The maximum absolute atomic E-state index is 14.0. The van der Waals surface area contributed by atoms with Crippen LogP contribution >= 0.6 is 46.3 Å². The fourth-order valence-electron chi connectivity index (χ4n) is 4.25. The Morgan fingerprint density at radius 2 is 1.05 bits per heavy atom. The van der Waals surface area contributed by atoms with Crippen LogP contribution in [-0.4, -0.2) is 81.6 Å². The van der Waals surface area contributed by atoms with Gasteiger partial charge in [-0.15, -0.1) is 12.4 Å². The Bertz CT molecular complexity index is 2250. The van der Waals surface area contributed by atoms with E-state index in [9.17, 15) is 49.1 Å². The molecule has 0 saturated carbocycles. The van der Waals surface area contributed by atoms with E-state index in [2.05, 4.69) is 16.0 Å². The summed E-state index contributed by atoms with van der Waals surface area (Å²) < 4.78 is 102. The monoisotopic (exact) mass is 892 g/mol. The van der Waals surface area contributed by atoms with Gasteiger partial charge in [-0.2, -0.15) is 4.31 Å². The lowest BCUT2D eigenvalue weighted by Gasteiger charge is -2.34. The quantitative estimate of drug-likeness (QED) is 0.109. The summed E-state index contributed by atoms with van der Waals surface area (Å²) in [5, 5.41) is 25.0. The van der Waals surface area contributed by atoms with Crippen LogP contribution in [0.2, 0.25) is 10.0 Å². The first-order valence-corrected chi connectivity index (χ1v) is 19.4. The average molecular weight is 895 g/mol. The number of nitrogens with zero attached hydrogens (tertiary/aromatic N) is 1. The van der Waals surface area contributed by atoms with Crippen molar-refractivity contribution in [3.63, 3.8) is 0 Å². The van der Waals surface area contributed by atoms with E-state index in [1.165, 1.54) is 24.3 Å². The molecule has 12 nitrogen and oxygen atoms in total. The molecule has 0 aliphatic carbocycles. The van der Waals surface area contributed by atoms with Gasteiger partial charge in [0.15, 0.2) is 0 Å². The van der Waals surface area contributed by atoms with Crippen molar-refractivity contribution in [2.24, 2.45) is 0 Å². The molecule has 4 aromatic carbocycles. The lowest BCUT2D eigenvalue weighted by molar-refractivity contribution is 0.0546. The highest BCUT2D eigenvalue weighted by Gasteiger charge is 2.37. The van der Waals surface area contributed by atoms with Crippen molar-refractivity contribution in [3.8, 4) is 0 Å². The molecule has 2 amide bonds. The summed E-state index contributed by atoms with van der Waals surface area (Å²) in [5.41, 5.74) is 0.143. The Morgan fingerprint density at radius 1 is 0.673 bits per heavy atom. The van der Waals surface area contributed by atoms with Crippen LogP contribution in [0.3, 0.4) is 0 Å². The topological polar surface area (TPSA) is 182 Å². The van der Waals surface area contributed by atoms with Crippen molar-refractivity contribution in [1.82, 2.24) is 9.62 Å². The Morgan fingerprint density at radius 3 is 1.40 bits per heavy atom. The van der Waals surface area contributed by atoms with Crippen molar-refractivity contribution in [3.05, 3.63) is 117 Å². The molecule has 300 valence electrons. The number of anilines is 2. The second-order valence-electron chi connectivity index (χ2n) is 11.2. The van der Waals surface area contributed by atoms with Gasteiger partial charge in [-0.25, -0.2) is 34.4 Å². The molecule has 22 heteroatoms. The van der Waals surface area contributed by atoms with E-state index >= 15 is 0 Å². The number of hydrogen-bond donors (Lipinski definition) is 5. The molecule has 2 aliphatic rings. The van der Waals surface area contributed by atoms with Crippen molar-refractivity contribution in [2.45, 2.75) is 29.4 Å². The maximum atomic E-state index is 14.0. The summed E-state index contributed by atoms with van der Waals surface area (Å²) >= 11 is 11.2. The highest BCUT2D eigenvalue weighted by atomic mass is 35.7. The minimum atomic E-state index is -4.33. The van der Waals surface area contributed by atoms with Gasteiger partial charge < -0.3 is 26.2 Å². The number of aliphatic hydroxyl groups excluding tert-OH is 2. The molecule has 0 radical (unpaired) electrons. The normalized spacial score (nSPS) is 14.2. The van der Waals surface area contributed by atoms with Gasteiger partial charge in [-0.3, -0.25) is 9.59 Å². The molecule has 0 aromatic heterocycles. The molecule has 0 spiro atoms. The summed E-state index contributed by atoms with van der Waals surface area (Å²) in [4.78, 5) is 22.8. The number of rotatable bonds is 7. The first kappa shape index (κ1) is 47.6. The van der Waals surface area contributed by atoms with Crippen molar-refractivity contribution in [1.29, 1.82) is 0 Å². The van der Waals surface area contributed by atoms with Crippen LogP contribution in [0.15, 0.2) is 82.6 Å². The molecule has 2 fully saturated rings. The molecule has 0 unspecified atom stereocenters. The lowest BCUT2D eigenvalue weighted by atomic mass is 10.2. The number of carbonyl (C=O) groups excluding carboxylic acids is 2. The van der Waals surface area contributed by atoms with E-state index in [-0.39, 0.29) is 71.6 Å². The first-order valence-electron chi connectivity index (χ1n) is 14.9. The van der Waals surface area contributed by atoms with E-state index in [1.54, 1.807) is 0 Å². The van der Waals surface area contributed by atoms with Crippen molar-refractivity contribution < 1.29 is 54.2 Å². The molecule has 0 bridgehead atoms. The third-order valence-electron chi connectivity index (χ3n) is 7.21. The molecule has 4 aromatic rings. The molecule has 0 atom stereocenters. The van der Waals surface area contributed by atoms with Crippen LogP contribution in [-0.2, 0) is 19.1 Å². The van der Waals surface area contributed by atoms with Gasteiger partial charge in [0.05, 0.1) is 22.3 Å². The van der Waals surface area contributed by atoms with Crippen LogP contribution in [0.25, 0.3) is 0 Å². The van der Waals surface area contributed by atoms with Crippen LogP contribution in [0.4, 0.5) is 28.9 Å². The van der Waals surface area contributed by atoms with Crippen molar-refractivity contribution in [2.75, 3.05) is 36.8 Å². The van der Waals surface area contributed by atoms with Gasteiger partial charge in [0.2, 0.25) is 10.0 Å². The molecule has 55 heavy (non-hydrogen) atoms. The lowest BCUT2D eigenvalue weighted by Crippen LogP contribution is -2.53. The van der Waals surface area contributed by atoms with Crippen LogP contribution in [0.5, 0.6) is 0 Å². The van der Waals surface area contributed by atoms with E-state index in [4.69, 9.17) is 39.0 Å². The highest BCUT2D eigenvalue weighted by Crippen LogP contribution is 2.27. The summed E-state index contributed by atoms with van der Waals surface area (Å²) in [6.45, 7) is 1.32. The Hall–Kier alpha value is -3.56. The molecular formula is C33H32Cl4F4N4O8S2. The van der Waals surface area contributed by atoms with Gasteiger partial charge in [-0.1, -0.05) is 30.6 Å². The van der Waals surface area contributed by atoms with Gasteiger partial charge in [0.1, 0.15) is 33.1 Å². The standard InChI is InChI=1S/C16H13ClF2N2O4S.C13H7Cl2F2NO3S.C3H7NO.CH4.ClH/c17-12-6-10(2-4-13(12)18)20-16(23)9-1-3-14(19)15(5-9)26(24,25)21-7-11(22)8-21;14-9-6-8(2-4-10(9)16)18-13(19)7-1-3-11(17)12(5-7)22(15,20)21;5-3-1-4-2-3;;/h1-6,11,22H,7-8H2,(H,20,23);1-6H,(H,18,19);3-5H,1-2H2;1H4;1H. The van der Waals surface area contributed by atoms with Crippen molar-refractivity contribution >= 4 is 88.6 Å². The van der Waals surface area contributed by atoms with Crippen LogP contribution in [0.1, 0.15) is 28.1 Å². The number of nitrogens with one attached hydrogen (secondary N) is 3. The predicted molar refractivity (Wildman–Crippen MR) is 202 cm³/mol. The number of halogens is 8. The third-order valence-corrected chi connectivity index (χ3v) is 11.0. The smallest absolute Gasteiger partial charge is 0.264 e. The van der Waals surface area contributed by atoms with E-state index in [0.717, 1.165) is 65.9 Å². The Labute approximate surface area is 334 Å². The van der Waals surface area contributed by atoms with Gasteiger partial charge in [0, 0.05) is 59.4 Å². The van der Waals surface area contributed by atoms with Gasteiger partial charge >= 0.3 is 0 Å². The van der Waals surface area contributed by atoms with E-state index < -0.39 is 70.1 Å². The predicted octanol–water partition coefficient (Wildman–Crippen LogP) is 6.04. The molecule has 2 aliphatic heterocycles. The number of carbonyl (C=O) groups is 2. The van der Waals surface area contributed by atoms with Gasteiger partial charge in [-0.05, 0) is 72.8 Å². The second-order valence-corrected chi connectivity index (χ2v) is 16.4. The highest BCUT2D eigenvalue weighted by molar-refractivity contribution is 8.13. The summed E-state index contributed by atoms with van der Waals surface area (Å²) in [6.07, 6.45) is -0.836. The zero-order valence-electron chi connectivity index (χ0n) is 27.1. The second kappa shape index (κ2) is 20.0. The zero-order chi connectivity index (χ0) is 39.2. The largest absolute Gasteiger partial charge is 0.390 e. The molecule has 2 heterocycles. The summed E-state index contributed by atoms with van der Waals surface area (Å²) in [7, 11) is -3.41. The summed E-state index contributed by atoms with van der Waals surface area (Å²) in [5.74, 6) is -4.84. The number of hydrogen-bond acceptors (Lipinski definition) is 9. The van der Waals surface area contributed by atoms with E-state index in [0.29, 0.717) is 0 Å². The number of amides is 2. The van der Waals surface area contributed by atoms with Crippen LogP contribution < -0.4 is 16.0 Å². The zero-order valence-corrected chi connectivity index (χ0v) is 31.8. The Balaban J connectivity index is 0.000000329. The minimum absolute atomic E-state index is 0. The van der Waals surface area contributed by atoms with E-state index in [1.807, 2.05) is 0 Å². The maximum Gasteiger partial charge on any atom is 0.264 e. The fraction of sp³-hybridized carbons (Fsp3) is 0.212. The number of β-amino-alcohol motifs (C(OH)–C–C–N with tert-alkyl or cyclic N) is 2. The average Bonchev–Trinajstić information content (AvgIpc) is 3.06. The Kier molecular flexibility index (Phi) is 17.3. The number of aliphatic hydroxyl groups is 2. The fourth-order valence-corrected chi connectivity index (χ4v) is 7.14.